The van der Waals surface area contributed by atoms with E-state index in [1.807, 2.05) is 0 Å². The Kier molecular flexibility index (Phi) is 6.84. The average Bonchev–Trinajstić information content (AvgIpc) is 3.54. The van der Waals surface area contributed by atoms with Gasteiger partial charge in [-0.1, -0.05) is 176 Å². The Bertz CT molecular complexity index is 2830. The molecule has 0 bridgehead atoms. The summed E-state index contributed by atoms with van der Waals surface area (Å²) in [7, 11) is 0. The van der Waals surface area contributed by atoms with Gasteiger partial charge in [0.1, 0.15) is 0 Å². The molecule has 9 aromatic rings. The van der Waals surface area contributed by atoms with Crippen LogP contribution in [0.1, 0.15) is 22.3 Å². The largest absolute Gasteiger partial charge is 0.309 e. The first kappa shape index (κ1) is 30.6. The summed E-state index contributed by atoms with van der Waals surface area (Å²) >= 11 is 0. The van der Waals surface area contributed by atoms with Crippen molar-refractivity contribution in [1.82, 2.24) is 0 Å². The van der Waals surface area contributed by atoms with E-state index in [2.05, 4.69) is 217 Å². The van der Waals surface area contributed by atoms with Crippen molar-refractivity contribution >= 4 is 27.8 Å². The second-order valence-corrected chi connectivity index (χ2v) is 14.5. The number of hydrogen-bond donors (Lipinski definition) is 0. The van der Waals surface area contributed by atoms with Crippen LogP contribution in [0, 0.1) is 0 Å². The molecule has 1 aliphatic carbocycles. The van der Waals surface area contributed by atoms with Crippen molar-refractivity contribution in [3.63, 3.8) is 0 Å². The molecule has 9 aromatic carbocycles. The van der Waals surface area contributed by atoms with Crippen molar-refractivity contribution in [3.05, 3.63) is 235 Å². The van der Waals surface area contributed by atoms with Crippen LogP contribution in [0.5, 0.6) is 0 Å². The molecule has 0 spiro atoms. The minimum Gasteiger partial charge on any atom is -0.309 e. The Labute approximate surface area is 316 Å². The lowest BCUT2D eigenvalue weighted by Gasteiger charge is -2.37. The van der Waals surface area contributed by atoms with Gasteiger partial charge >= 0.3 is 0 Å². The Morgan fingerprint density at radius 1 is 0.315 bits per heavy atom. The summed E-state index contributed by atoms with van der Waals surface area (Å²) in [4.78, 5) is 2.51. The fourth-order valence-corrected chi connectivity index (χ4v) is 9.35. The summed E-state index contributed by atoms with van der Waals surface area (Å²) in [6, 6.07) is 78.4. The van der Waals surface area contributed by atoms with Gasteiger partial charge in [0, 0.05) is 16.6 Å². The zero-order valence-corrected chi connectivity index (χ0v) is 29.7. The van der Waals surface area contributed by atoms with Gasteiger partial charge in [-0.2, -0.15) is 0 Å². The molecule has 0 amide bonds. The number of hydrogen-bond acceptors (Lipinski definition) is 1. The third-order valence-electron chi connectivity index (χ3n) is 11.6. The molecule has 1 heterocycles. The molecular formula is C53H35N. The van der Waals surface area contributed by atoms with E-state index in [-0.39, 0.29) is 0 Å². The lowest BCUT2D eigenvalue weighted by molar-refractivity contribution is 0.768. The molecule has 1 aliphatic heterocycles. The Balaban J connectivity index is 1.19. The normalized spacial score (nSPS) is 13.3. The smallest absolute Gasteiger partial charge is 0.0714 e. The monoisotopic (exact) mass is 685 g/mol. The van der Waals surface area contributed by atoms with Crippen LogP contribution < -0.4 is 4.90 Å². The van der Waals surface area contributed by atoms with Crippen molar-refractivity contribution in [1.29, 1.82) is 0 Å². The maximum Gasteiger partial charge on any atom is 0.0714 e. The van der Waals surface area contributed by atoms with Crippen molar-refractivity contribution in [3.8, 4) is 44.5 Å². The van der Waals surface area contributed by atoms with Crippen LogP contribution in [0.25, 0.3) is 55.3 Å². The molecule has 0 radical (unpaired) electrons. The van der Waals surface area contributed by atoms with E-state index in [0.717, 1.165) is 5.69 Å². The summed E-state index contributed by atoms with van der Waals surface area (Å²) in [6.45, 7) is 0. The van der Waals surface area contributed by atoms with Gasteiger partial charge in [0.25, 0.3) is 0 Å². The molecule has 0 saturated carbocycles. The fourth-order valence-electron chi connectivity index (χ4n) is 9.35. The van der Waals surface area contributed by atoms with E-state index in [1.165, 1.54) is 88.9 Å². The SMILES string of the molecule is c1ccc(-c2cccc(-c3cccc(N4c5cc6c(cc5-c5cccc7cccc4c57)-c4ccccc4C6(c4ccccc4)c4ccccc4)c3)c2)cc1. The summed E-state index contributed by atoms with van der Waals surface area (Å²) in [6.07, 6.45) is 0. The van der Waals surface area contributed by atoms with Gasteiger partial charge in [-0.25, -0.2) is 0 Å². The van der Waals surface area contributed by atoms with Crippen molar-refractivity contribution in [2.45, 2.75) is 5.41 Å². The molecule has 0 saturated heterocycles. The van der Waals surface area contributed by atoms with Crippen molar-refractivity contribution in [2.24, 2.45) is 0 Å². The summed E-state index contributed by atoms with van der Waals surface area (Å²) in [5, 5.41) is 2.53. The van der Waals surface area contributed by atoms with Gasteiger partial charge in [0.2, 0.25) is 0 Å². The van der Waals surface area contributed by atoms with Gasteiger partial charge in [-0.3, -0.25) is 0 Å². The zero-order valence-electron chi connectivity index (χ0n) is 29.7. The first-order valence-corrected chi connectivity index (χ1v) is 18.8. The number of anilines is 3. The Morgan fingerprint density at radius 2 is 0.870 bits per heavy atom. The third kappa shape index (κ3) is 4.45. The quantitative estimate of drug-likeness (QED) is 0.174. The molecule has 0 N–H and O–H groups in total. The van der Waals surface area contributed by atoms with E-state index in [1.54, 1.807) is 0 Å². The van der Waals surface area contributed by atoms with Crippen LogP contribution in [0.3, 0.4) is 0 Å². The first-order valence-electron chi connectivity index (χ1n) is 18.8. The molecule has 1 nitrogen and oxygen atoms in total. The van der Waals surface area contributed by atoms with E-state index in [9.17, 15) is 0 Å². The van der Waals surface area contributed by atoms with Crippen LogP contribution in [-0.2, 0) is 5.41 Å². The van der Waals surface area contributed by atoms with Gasteiger partial charge in [-0.15, -0.1) is 0 Å². The predicted molar refractivity (Wildman–Crippen MR) is 226 cm³/mol. The minimum atomic E-state index is -0.488. The molecule has 0 aromatic heterocycles. The van der Waals surface area contributed by atoms with E-state index < -0.39 is 5.41 Å². The third-order valence-corrected chi connectivity index (χ3v) is 11.6. The number of rotatable bonds is 5. The van der Waals surface area contributed by atoms with Crippen LogP contribution in [-0.4, -0.2) is 0 Å². The predicted octanol–water partition coefficient (Wildman–Crippen LogP) is 14.0. The molecule has 0 unspecified atom stereocenters. The summed E-state index contributed by atoms with van der Waals surface area (Å²) in [5.74, 6) is 0. The highest BCUT2D eigenvalue weighted by Gasteiger charge is 2.47. The van der Waals surface area contributed by atoms with E-state index in [4.69, 9.17) is 0 Å². The molecule has 1 heteroatoms. The van der Waals surface area contributed by atoms with Crippen molar-refractivity contribution < 1.29 is 0 Å². The minimum absolute atomic E-state index is 0.488. The number of benzene rings is 9. The van der Waals surface area contributed by atoms with Crippen LogP contribution in [0.15, 0.2) is 212 Å². The summed E-state index contributed by atoms with van der Waals surface area (Å²) < 4.78 is 0. The fraction of sp³-hybridized carbons (Fsp3) is 0.0189. The first-order chi connectivity index (χ1) is 26.8. The van der Waals surface area contributed by atoms with Crippen LogP contribution in [0.4, 0.5) is 17.1 Å². The van der Waals surface area contributed by atoms with Gasteiger partial charge < -0.3 is 4.90 Å². The van der Waals surface area contributed by atoms with E-state index in [0.29, 0.717) is 0 Å². The number of nitrogens with zero attached hydrogens (tertiary/aromatic N) is 1. The molecule has 252 valence electrons. The van der Waals surface area contributed by atoms with Crippen molar-refractivity contribution in [2.75, 3.05) is 4.90 Å². The highest BCUT2D eigenvalue weighted by Crippen LogP contribution is 2.60. The molecule has 54 heavy (non-hydrogen) atoms. The molecule has 2 aliphatic rings. The average molecular weight is 686 g/mol. The second-order valence-electron chi connectivity index (χ2n) is 14.5. The number of fused-ring (bicyclic) bond motifs is 5. The maximum absolute atomic E-state index is 2.52. The van der Waals surface area contributed by atoms with Gasteiger partial charge in [0.15, 0.2) is 0 Å². The second kappa shape index (κ2) is 12.0. The molecular weight excluding hydrogens is 651 g/mol. The standard InChI is InChI=1S/C53H35N/c1-4-16-36(17-5-1)38-20-12-21-39(32-38)40-22-13-27-43(33-40)54-50-31-15-19-37-18-14-29-45(52(37)50)47-34-46-44-28-10-11-30-48(44)53(49(46)35-51(47)54,41-23-6-2-7-24-41)42-25-8-3-9-26-42/h1-35H. The lowest BCUT2D eigenvalue weighted by Crippen LogP contribution is -2.29. The molecule has 0 fully saturated rings. The topological polar surface area (TPSA) is 3.24 Å². The Morgan fingerprint density at radius 3 is 1.61 bits per heavy atom. The molecule has 11 rings (SSSR count). The lowest BCUT2D eigenvalue weighted by atomic mass is 9.67. The Hall–Kier alpha value is -6.96. The summed E-state index contributed by atoms with van der Waals surface area (Å²) in [5.41, 5.74) is 18.2. The van der Waals surface area contributed by atoms with Gasteiger partial charge in [-0.05, 0) is 103 Å². The zero-order chi connectivity index (χ0) is 35.6. The van der Waals surface area contributed by atoms with E-state index >= 15 is 0 Å². The molecule has 0 atom stereocenters. The maximum atomic E-state index is 2.52. The van der Waals surface area contributed by atoms with Crippen LogP contribution in [0.2, 0.25) is 0 Å². The van der Waals surface area contributed by atoms with Crippen LogP contribution >= 0.6 is 0 Å². The highest BCUT2D eigenvalue weighted by atomic mass is 15.2. The van der Waals surface area contributed by atoms with Gasteiger partial charge in [0.05, 0.1) is 16.8 Å². The highest BCUT2D eigenvalue weighted by molar-refractivity contribution is 6.15.